The van der Waals surface area contributed by atoms with Gasteiger partial charge in [-0.25, -0.2) is 9.78 Å². The lowest BCUT2D eigenvalue weighted by Gasteiger charge is -1.89. The van der Waals surface area contributed by atoms with Crippen LogP contribution in [0.25, 0.3) is 5.65 Å². The SMILES string of the molecule is CC.COC(=O)c1cn2ccccc2n1. The predicted molar refractivity (Wildman–Crippen MR) is 57.9 cm³/mol. The summed E-state index contributed by atoms with van der Waals surface area (Å²) in [7, 11) is 1.34. The zero-order chi connectivity index (χ0) is 11.3. The van der Waals surface area contributed by atoms with Crippen LogP contribution in [-0.2, 0) is 4.74 Å². The summed E-state index contributed by atoms with van der Waals surface area (Å²) in [5, 5.41) is 0. The van der Waals surface area contributed by atoms with Crippen LogP contribution in [0.1, 0.15) is 24.3 Å². The van der Waals surface area contributed by atoms with E-state index >= 15 is 0 Å². The van der Waals surface area contributed by atoms with Crippen molar-refractivity contribution in [1.29, 1.82) is 0 Å². The minimum absolute atomic E-state index is 0.328. The van der Waals surface area contributed by atoms with E-state index in [0.717, 1.165) is 5.65 Å². The van der Waals surface area contributed by atoms with Crippen molar-refractivity contribution in [2.45, 2.75) is 13.8 Å². The van der Waals surface area contributed by atoms with Gasteiger partial charge in [-0.3, -0.25) is 0 Å². The van der Waals surface area contributed by atoms with Gasteiger partial charge < -0.3 is 9.14 Å². The van der Waals surface area contributed by atoms with Crippen molar-refractivity contribution >= 4 is 11.6 Å². The lowest BCUT2D eigenvalue weighted by atomic mass is 10.5. The van der Waals surface area contributed by atoms with Crippen molar-refractivity contribution in [3.05, 3.63) is 36.3 Å². The van der Waals surface area contributed by atoms with Crippen LogP contribution in [0.15, 0.2) is 30.6 Å². The summed E-state index contributed by atoms with van der Waals surface area (Å²) < 4.78 is 6.32. The second-order valence-corrected chi connectivity index (χ2v) is 2.58. The summed E-state index contributed by atoms with van der Waals surface area (Å²) >= 11 is 0. The molecule has 0 fully saturated rings. The maximum Gasteiger partial charge on any atom is 0.358 e. The fraction of sp³-hybridized carbons (Fsp3) is 0.273. The summed E-state index contributed by atoms with van der Waals surface area (Å²) in [6.45, 7) is 4.00. The normalized spacial score (nSPS) is 9.27. The fourth-order valence-electron chi connectivity index (χ4n) is 1.14. The van der Waals surface area contributed by atoms with Gasteiger partial charge in [-0.1, -0.05) is 19.9 Å². The smallest absolute Gasteiger partial charge is 0.358 e. The highest BCUT2D eigenvalue weighted by molar-refractivity contribution is 5.87. The van der Waals surface area contributed by atoms with Crippen molar-refractivity contribution in [1.82, 2.24) is 9.38 Å². The van der Waals surface area contributed by atoms with Crippen molar-refractivity contribution in [2.24, 2.45) is 0 Å². The Morgan fingerprint density at radius 2 is 2.13 bits per heavy atom. The van der Waals surface area contributed by atoms with Gasteiger partial charge in [0.15, 0.2) is 5.69 Å². The van der Waals surface area contributed by atoms with Gasteiger partial charge in [0.2, 0.25) is 0 Å². The van der Waals surface area contributed by atoms with Crippen molar-refractivity contribution < 1.29 is 9.53 Å². The molecule has 15 heavy (non-hydrogen) atoms. The van der Waals surface area contributed by atoms with Gasteiger partial charge in [-0.2, -0.15) is 0 Å². The molecule has 4 nitrogen and oxygen atoms in total. The van der Waals surface area contributed by atoms with Crippen molar-refractivity contribution in [3.63, 3.8) is 0 Å². The number of esters is 1. The van der Waals surface area contributed by atoms with Gasteiger partial charge in [0, 0.05) is 12.4 Å². The largest absolute Gasteiger partial charge is 0.464 e. The summed E-state index contributed by atoms with van der Waals surface area (Å²) in [5.74, 6) is -0.413. The summed E-state index contributed by atoms with van der Waals surface area (Å²) in [6.07, 6.45) is 3.47. The van der Waals surface area contributed by atoms with E-state index in [1.165, 1.54) is 7.11 Å². The number of aromatic nitrogens is 2. The number of ether oxygens (including phenoxy) is 1. The highest BCUT2D eigenvalue weighted by Gasteiger charge is 2.09. The van der Waals surface area contributed by atoms with Crippen LogP contribution in [0.3, 0.4) is 0 Å². The minimum Gasteiger partial charge on any atom is -0.464 e. The monoisotopic (exact) mass is 206 g/mol. The van der Waals surface area contributed by atoms with E-state index in [9.17, 15) is 4.79 Å². The number of nitrogens with zero attached hydrogens (tertiary/aromatic N) is 2. The summed E-state index contributed by atoms with van der Waals surface area (Å²) in [5.41, 5.74) is 1.07. The first-order valence-electron chi connectivity index (χ1n) is 4.83. The average molecular weight is 206 g/mol. The zero-order valence-electron chi connectivity index (χ0n) is 9.10. The summed E-state index contributed by atoms with van der Waals surface area (Å²) in [6, 6.07) is 5.56. The van der Waals surface area contributed by atoms with Gasteiger partial charge in [0.1, 0.15) is 5.65 Å². The fourth-order valence-corrected chi connectivity index (χ4v) is 1.14. The molecule has 0 aliphatic rings. The molecule has 2 heterocycles. The number of imidazole rings is 1. The Balaban J connectivity index is 0.000000531. The quantitative estimate of drug-likeness (QED) is 0.671. The number of carbonyl (C=O) groups excluding carboxylic acids is 1. The van der Waals surface area contributed by atoms with Gasteiger partial charge in [0.05, 0.1) is 7.11 Å². The van der Waals surface area contributed by atoms with E-state index in [1.807, 2.05) is 38.2 Å². The lowest BCUT2D eigenvalue weighted by molar-refractivity contribution is 0.0595. The molecule has 0 radical (unpaired) electrons. The summed E-state index contributed by atoms with van der Waals surface area (Å²) in [4.78, 5) is 15.2. The van der Waals surface area contributed by atoms with Crippen LogP contribution in [-0.4, -0.2) is 22.5 Å². The molecule has 0 amide bonds. The molecule has 2 aromatic heterocycles. The van der Waals surface area contributed by atoms with Crippen LogP contribution in [0.5, 0.6) is 0 Å². The first kappa shape index (κ1) is 11.2. The molecule has 0 saturated heterocycles. The molecular formula is C11H14N2O2. The number of rotatable bonds is 1. The molecule has 0 bridgehead atoms. The topological polar surface area (TPSA) is 43.6 Å². The highest BCUT2D eigenvalue weighted by Crippen LogP contribution is 2.04. The number of pyridine rings is 1. The van der Waals surface area contributed by atoms with Crippen LogP contribution in [0, 0.1) is 0 Å². The molecule has 0 aliphatic carbocycles. The number of methoxy groups -OCH3 is 1. The first-order valence-corrected chi connectivity index (χ1v) is 4.83. The molecule has 0 saturated carbocycles. The molecule has 0 aliphatic heterocycles. The minimum atomic E-state index is -0.413. The van der Waals surface area contributed by atoms with E-state index in [4.69, 9.17) is 0 Å². The number of carbonyl (C=O) groups is 1. The van der Waals surface area contributed by atoms with E-state index in [1.54, 1.807) is 10.6 Å². The predicted octanol–water partition coefficient (Wildman–Crippen LogP) is 2.15. The van der Waals surface area contributed by atoms with Crippen molar-refractivity contribution in [3.8, 4) is 0 Å². The molecular weight excluding hydrogens is 192 g/mol. The van der Waals surface area contributed by atoms with Gasteiger partial charge >= 0.3 is 5.97 Å². The van der Waals surface area contributed by atoms with Crippen molar-refractivity contribution in [2.75, 3.05) is 7.11 Å². The van der Waals surface area contributed by atoms with Crippen LogP contribution in [0.2, 0.25) is 0 Å². The molecule has 0 N–H and O–H groups in total. The Hall–Kier alpha value is -1.84. The Kier molecular flexibility index (Phi) is 3.85. The standard InChI is InChI=1S/C9H8N2O2.C2H6/c1-13-9(12)7-6-11-5-3-2-4-8(11)10-7;1-2/h2-6H,1H3;1-2H3. The molecule has 4 heteroatoms. The Bertz CT molecular complexity index is 416. The third-order valence-corrected chi connectivity index (χ3v) is 1.76. The average Bonchev–Trinajstić information content (AvgIpc) is 2.74. The van der Waals surface area contributed by atoms with Gasteiger partial charge in [-0.05, 0) is 12.1 Å². The van der Waals surface area contributed by atoms with Gasteiger partial charge in [-0.15, -0.1) is 0 Å². The Morgan fingerprint density at radius 1 is 1.40 bits per heavy atom. The zero-order valence-corrected chi connectivity index (χ0v) is 9.10. The van der Waals surface area contributed by atoms with Gasteiger partial charge in [0.25, 0.3) is 0 Å². The lowest BCUT2D eigenvalue weighted by Crippen LogP contribution is -2.00. The molecule has 0 aromatic carbocycles. The maximum atomic E-state index is 11.1. The third kappa shape index (κ3) is 2.34. The van der Waals surface area contributed by atoms with E-state index in [-0.39, 0.29) is 0 Å². The molecule has 80 valence electrons. The third-order valence-electron chi connectivity index (χ3n) is 1.76. The molecule has 2 aromatic rings. The Labute approximate surface area is 88.5 Å². The van der Waals surface area contributed by atoms with Crippen LogP contribution >= 0.6 is 0 Å². The van der Waals surface area contributed by atoms with Crippen LogP contribution in [0.4, 0.5) is 0 Å². The Morgan fingerprint density at radius 3 is 2.73 bits per heavy atom. The van der Waals surface area contributed by atoms with E-state index in [2.05, 4.69) is 9.72 Å². The number of hydrogen-bond acceptors (Lipinski definition) is 3. The number of hydrogen-bond donors (Lipinski definition) is 0. The maximum absolute atomic E-state index is 11.1. The van der Waals surface area contributed by atoms with E-state index in [0.29, 0.717) is 5.69 Å². The molecule has 0 spiro atoms. The second-order valence-electron chi connectivity index (χ2n) is 2.58. The number of fused-ring (bicyclic) bond motifs is 1. The molecule has 0 unspecified atom stereocenters. The first-order chi connectivity index (χ1) is 7.31. The second kappa shape index (κ2) is 5.14. The van der Waals surface area contributed by atoms with E-state index < -0.39 is 5.97 Å². The van der Waals surface area contributed by atoms with Crippen LogP contribution < -0.4 is 0 Å². The highest BCUT2D eigenvalue weighted by atomic mass is 16.5. The molecule has 2 rings (SSSR count). The molecule has 0 atom stereocenters.